The molecule has 0 saturated carbocycles. The lowest BCUT2D eigenvalue weighted by Gasteiger charge is -2.22. The molecule has 0 spiro atoms. The molecule has 0 unspecified atom stereocenters. The molecule has 0 aliphatic carbocycles. The molecule has 36 heavy (non-hydrogen) atoms. The average molecular weight is 564 g/mol. The molecule has 10 heteroatoms. The maximum atomic E-state index is 13.4. The number of alkyl halides is 3. The van der Waals surface area contributed by atoms with Gasteiger partial charge in [0.2, 0.25) is 0 Å². The smallest absolute Gasteiger partial charge is 0.416 e. The number of carboxylic acid groups (broad SMARTS) is 1. The lowest BCUT2D eigenvalue weighted by atomic mass is 10.0. The second-order valence-corrected chi connectivity index (χ2v) is 9.29. The number of nitrogens with zero attached hydrogens (tertiary/aromatic N) is 1. The van der Waals surface area contributed by atoms with Crippen LogP contribution in [0.1, 0.15) is 35.3 Å². The zero-order chi connectivity index (χ0) is 26.0. The van der Waals surface area contributed by atoms with Crippen LogP contribution in [0.25, 0.3) is 0 Å². The molecule has 3 aromatic carbocycles. The summed E-state index contributed by atoms with van der Waals surface area (Å²) in [5.74, 6) is -1.20. The van der Waals surface area contributed by atoms with E-state index in [-0.39, 0.29) is 29.6 Å². The number of amides is 1. The van der Waals surface area contributed by atoms with E-state index in [1.165, 1.54) is 11.0 Å². The van der Waals surface area contributed by atoms with Gasteiger partial charge in [-0.1, -0.05) is 46.3 Å². The van der Waals surface area contributed by atoms with Gasteiger partial charge >= 0.3 is 18.2 Å². The molecule has 1 saturated heterocycles. The Morgan fingerprint density at radius 1 is 1.11 bits per heavy atom. The van der Waals surface area contributed by atoms with Gasteiger partial charge in [-0.3, -0.25) is 9.69 Å². The van der Waals surface area contributed by atoms with Crippen molar-refractivity contribution in [3.63, 3.8) is 0 Å². The molecule has 3 aromatic rings. The number of aliphatic carboxylic acids is 1. The number of carbonyl (C=O) groups is 2. The van der Waals surface area contributed by atoms with Gasteiger partial charge in [0.05, 0.1) is 24.6 Å². The molecule has 2 atom stereocenters. The highest BCUT2D eigenvalue weighted by atomic mass is 79.9. The minimum Gasteiger partial charge on any atom is -0.481 e. The second-order valence-electron chi connectivity index (χ2n) is 8.37. The SMILES string of the molecule is C[C@@H]1[C@H](c2ccccc2)OC(=O)N1Cc1cc(Br)ccc1Oc1cc(CC(=O)O)cc(C(F)(F)F)c1. The summed E-state index contributed by atoms with van der Waals surface area (Å²) in [6, 6.07) is 16.8. The number of halogens is 4. The summed E-state index contributed by atoms with van der Waals surface area (Å²) < 4.78 is 52.4. The second kappa shape index (κ2) is 10.2. The molecule has 0 aromatic heterocycles. The van der Waals surface area contributed by atoms with Crippen LogP contribution >= 0.6 is 15.9 Å². The Kier molecular flexibility index (Phi) is 7.26. The fourth-order valence-corrected chi connectivity index (χ4v) is 4.45. The normalized spacial score (nSPS) is 17.7. The Balaban J connectivity index is 1.63. The van der Waals surface area contributed by atoms with E-state index in [4.69, 9.17) is 14.6 Å². The van der Waals surface area contributed by atoms with Crippen LogP contribution in [0, 0.1) is 0 Å². The highest BCUT2D eigenvalue weighted by Crippen LogP contribution is 2.38. The molecule has 1 heterocycles. The van der Waals surface area contributed by atoms with Crippen LogP contribution in [0.15, 0.2) is 71.2 Å². The molecular weight excluding hydrogens is 543 g/mol. The summed E-state index contributed by atoms with van der Waals surface area (Å²) in [5, 5.41) is 9.05. The minimum absolute atomic E-state index is 0.0477. The van der Waals surface area contributed by atoms with Crippen molar-refractivity contribution in [2.24, 2.45) is 0 Å². The monoisotopic (exact) mass is 563 g/mol. The molecule has 1 N–H and O–H groups in total. The van der Waals surface area contributed by atoms with Crippen molar-refractivity contribution in [3.8, 4) is 11.5 Å². The number of carbonyl (C=O) groups excluding carboxylic acids is 1. The van der Waals surface area contributed by atoms with Gasteiger partial charge in [0.25, 0.3) is 0 Å². The van der Waals surface area contributed by atoms with Crippen molar-refractivity contribution < 1.29 is 37.3 Å². The first-order valence-electron chi connectivity index (χ1n) is 10.9. The standard InChI is InChI=1S/C26H21BrF3NO5/c1-15-24(17-5-3-2-4-6-17)36-25(34)31(15)14-18-12-20(27)7-8-22(18)35-21-10-16(11-23(32)33)9-19(13-21)26(28,29)30/h2-10,12-13,15,24H,11,14H2,1H3,(H,32,33)/t15-,24-/m1/s1. The van der Waals surface area contributed by atoms with Crippen LogP contribution in [-0.2, 0) is 28.7 Å². The van der Waals surface area contributed by atoms with Gasteiger partial charge in [-0.2, -0.15) is 13.2 Å². The van der Waals surface area contributed by atoms with Crippen LogP contribution in [0.4, 0.5) is 18.0 Å². The highest BCUT2D eigenvalue weighted by molar-refractivity contribution is 9.10. The van der Waals surface area contributed by atoms with Crippen LogP contribution in [0.2, 0.25) is 0 Å². The summed E-state index contributed by atoms with van der Waals surface area (Å²) in [7, 11) is 0. The van der Waals surface area contributed by atoms with Crippen molar-refractivity contribution in [2.75, 3.05) is 0 Å². The topological polar surface area (TPSA) is 76.1 Å². The van der Waals surface area contributed by atoms with E-state index in [2.05, 4.69) is 15.9 Å². The van der Waals surface area contributed by atoms with Crippen molar-refractivity contribution in [1.29, 1.82) is 0 Å². The minimum atomic E-state index is -4.68. The molecule has 1 fully saturated rings. The molecule has 188 valence electrons. The van der Waals surface area contributed by atoms with E-state index in [0.29, 0.717) is 10.0 Å². The molecule has 0 radical (unpaired) electrons. The largest absolute Gasteiger partial charge is 0.481 e. The zero-order valence-electron chi connectivity index (χ0n) is 19.0. The zero-order valence-corrected chi connectivity index (χ0v) is 20.5. The van der Waals surface area contributed by atoms with Crippen molar-refractivity contribution >= 4 is 28.0 Å². The molecule has 1 aliphatic heterocycles. The van der Waals surface area contributed by atoms with Gasteiger partial charge in [-0.25, -0.2) is 4.79 Å². The fourth-order valence-electron chi connectivity index (χ4n) is 4.04. The average Bonchev–Trinajstić information content (AvgIpc) is 3.08. The lowest BCUT2D eigenvalue weighted by Crippen LogP contribution is -2.31. The number of rotatable bonds is 7. The maximum Gasteiger partial charge on any atom is 0.416 e. The van der Waals surface area contributed by atoms with Gasteiger partial charge in [0.15, 0.2) is 0 Å². The summed E-state index contributed by atoms with van der Waals surface area (Å²) in [4.78, 5) is 25.3. The van der Waals surface area contributed by atoms with E-state index in [1.807, 2.05) is 37.3 Å². The van der Waals surface area contributed by atoms with E-state index >= 15 is 0 Å². The summed E-state index contributed by atoms with van der Waals surface area (Å²) in [6.45, 7) is 1.94. The van der Waals surface area contributed by atoms with Gasteiger partial charge in [-0.15, -0.1) is 0 Å². The van der Waals surface area contributed by atoms with E-state index in [1.54, 1.807) is 18.2 Å². The summed E-state index contributed by atoms with van der Waals surface area (Å²) >= 11 is 3.38. The number of carboxylic acids is 1. The Bertz CT molecular complexity index is 1280. The lowest BCUT2D eigenvalue weighted by molar-refractivity contribution is -0.138. The number of ether oxygens (including phenoxy) is 2. The number of benzene rings is 3. The van der Waals surface area contributed by atoms with E-state index in [0.717, 1.165) is 17.7 Å². The number of hydrogen-bond acceptors (Lipinski definition) is 4. The maximum absolute atomic E-state index is 13.4. The predicted molar refractivity (Wildman–Crippen MR) is 128 cm³/mol. The number of cyclic esters (lactones) is 1. The highest BCUT2D eigenvalue weighted by Gasteiger charge is 2.40. The molecule has 0 bridgehead atoms. The van der Waals surface area contributed by atoms with Crippen molar-refractivity contribution in [1.82, 2.24) is 4.90 Å². The van der Waals surface area contributed by atoms with Gasteiger partial charge in [-0.05, 0) is 54.4 Å². The van der Waals surface area contributed by atoms with Crippen LogP contribution in [0.5, 0.6) is 11.5 Å². The molecular formula is C26H21BrF3NO5. The fraction of sp³-hybridized carbons (Fsp3) is 0.231. The Morgan fingerprint density at radius 3 is 2.50 bits per heavy atom. The van der Waals surface area contributed by atoms with Crippen LogP contribution < -0.4 is 4.74 Å². The molecule has 1 aliphatic rings. The van der Waals surface area contributed by atoms with Gasteiger partial charge < -0.3 is 14.6 Å². The van der Waals surface area contributed by atoms with E-state index < -0.39 is 36.3 Å². The first-order valence-corrected chi connectivity index (χ1v) is 11.7. The van der Waals surface area contributed by atoms with Crippen LogP contribution in [-0.4, -0.2) is 28.1 Å². The third-order valence-corrected chi connectivity index (χ3v) is 6.25. The summed E-state index contributed by atoms with van der Waals surface area (Å²) in [5.41, 5.74) is 0.311. The molecule has 6 nitrogen and oxygen atoms in total. The first kappa shape index (κ1) is 25.6. The van der Waals surface area contributed by atoms with Gasteiger partial charge in [0.1, 0.15) is 17.6 Å². The third kappa shape index (κ3) is 5.81. The Hall–Kier alpha value is -3.53. The van der Waals surface area contributed by atoms with Gasteiger partial charge in [0, 0.05) is 10.0 Å². The van der Waals surface area contributed by atoms with E-state index in [9.17, 15) is 22.8 Å². The molecule has 1 amide bonds. The molecule has 4 rings (SSSR count). The third-order valence-electron chi connectivity index (χ3n) is 5.76. The quantitative estimate of drug-likeness (QED) is 0.336. The Labute approximate surface area is 213 Å². The van der Waals surface area contributed by atoms with Crippen molar-refractivity contribution in [2.45, 2.75) is 38.2 Å². The predicted octanol–water partition coefficient (Wildman–Crippen LogP) is 6.97. The Morgan fingerprint density at radius 2 is 1.83 bits per heavy atom. The van der Waals surface area contributed by atoms with Crippen molar-refractivity contribution in [3.05, 3.63) is 93.5 Å². The summed E-state index contributed by atoms with van der Waals surface area (Å²) in [6.07, 6.45) is -6.27. The first-order chi connectivity index (χ1) is 17.0. The van der Waals surface area contributed by atoms with Crippen LogP contribution in [0.3, 0.4) is 0 Å². The number of hydrogen-bond donors (Lipinski definition) is 1.